The van der Waals surface area contributed by atoms with Crippen LogP contribution in [0.2, 0.25) is 0 Å². The molecule has 1 saturated heterocycles. The quantitative estimate of drug-likeness (QED) is 0.463. The first-order valence-corrected chi connectivity index (χ1v) is 6.51. The van der Waals surface area contributed by atoms with Crippen LogP contribution in [-0.2, 0) is 19.4 Å². The molecule has 0 spiro atoms. The van der Waals surface area contributed by atoms with Gasteiger partial charge < -0.3 is 20.4 Å². The molecule has 0 amide bonds. The molecule has 1 rings (SSSR count). The normalized spacial score (nSPS) is 20.8. The number of carbonyl (C=O) groups is 2. The largest absolute Gasteiger partial charge is 0.479 e. The molecule has 0 radical (unpaired) electrons. The van der Waals surface area contributed by atoms with E-state index in [9.17, 15) is 18.0 Å². The predicted molar refractivity (Wildman–Crippen MR) is 55.2 cm³/mol. The van der Waals surface area contributed by atoms with Crippen LogP contribution >= 0.6 is 0 Å². The number of rotatable bonds is 3. The summed E-state index contributed by atoms with van der Waals surface area (Å²) in [4.78, 5) is 19.5. The average molecular weight is 270 g/mol. The fourth-order valence-corrected chi connectivity index (χ4v) is 2.51. The van der Waals surface area contributed by atoms with Gasteiger partial charge in [0.15, 0.2) is 12.2 Å². The van der Waals surface area contributed by atoms with Gasteiger partial charge in [-0.05, 0) is 12.8 Å². The first-order valence-electron chi connectivity index (χ1n) is 4.69. The lowest BCUT2D eigenvalue weighted by atomic mass is 10.2. The number of carboxylic acid groups (broad SMARTS) is 2. The van der Waals surface area contributed by atoms with Crippen molar-refractivity contribution in [3.05, 3.63) is 0 Å². The van der Waals surface area contributed by atoms with Crippen molar-refractivity contribution in [3.8, 4) is 0 Å². The van der Waals surface area contributed by atoms with Crippen LogP contribution in [-0.4, -0.2) is 64.5 Å². The van der Waals surface area contributed by atoms with Crippen molar-refractivity contribution in [2.45, 2.75) is 25.0 Å². The number of sulfone groups is 1. The van der Waals surface area contributed by atoms with Crippen LogP contribution in [0.4, 0.5) is 0 Å². The Morgan fingerprint density at radius 2 is 1.18 bits per heavy atom. The molecule has 0 aromatic carbocycles. The molecule has 0 bridgehead atoms. The second-order valence-electron chi connectivity index (χ2n) is 3.43. The summed E-state index contributed by atoms with van der Waals surface area (Å²) in [5.41, 5.74) is 0. The Balaban J connectivity index is 0.000000318. The van der Waals surface area contributed by atoms with Crippen LogP contribution in [0.1, 0.15) is 12.8 Å². The molecule has 9 heteroatoms. The third-order valence-corrected chi connectivity index (χ3v) is 3.79. The van der Waals surface area contributed by atoms with Gasteiger partial charge in [-0.25, -0.2) is 18.0 Å². The van der Waals surface area contributed by atoms with Crippen LogP contribution in [0, 0.1) is 0 Å². The minimum absolute atomic E-state index is 0.424. The fraction of sp³-hybridized carbons (Fsp3) is 0.750. The summed E-state index contributed by atoms with van der Waals surface area (Å²) in [6.07, 6.45) is -2.78. The monoisotopic (exact) mass is 270 g/mol. The zero-order chi connectivity index (χ0) is 13.6. The number of aliphatic hydroxyl groups is 2. The van der Waals surface area contributed by atoms with Crippen molar-refractivity contribution in [2.75, 3.05) is 11.5 Å². The fourth-order valence-electron chi connectivity index (χ4n) is 1.02. The molecule has 0 aliphatic carbocycles. The summed E-state index contributed by atoms with van der Waals surface area (Å²) < 4.78 is 20.9. The van der Waals surface area contributed by atoms with Gasteiger partial charge in [-0.2, -0.15) is 0 Å². The number of carboxylic acids is 2. The van der Waals surface area contributed by atoms with E-state index >= 15 is 0 Å². The minimum Gasteiger partial charge on any atom is -0.479 e. The lowest BCUT2D eigenvalue weighted by molar-refractivity contribution is -0.165. The molecule has 1 heterocycles. The summed E-state index contributed by atoms with van der Waals surface area (Å²) in [6, 6.07) is 0. The van der Waals surface area contributed by atoms with E-state index in [1.54, 1.807) is 0 Å². The van der Waals surface area contributed by atoms with Crippen LogP contribution < -0.4 is 0 Å². The van der Waals surface area contributed by atoms with Crippen LogP contribution in [0.15, 0.2) is 0 Å². The Hall–Kier alpha value is -1.19. The molecular weight excluding hydrogens is 256 g/mol. The molecule has 0 aromatic rings. The molecule has 4 N–H and O–H groups in total. The maximum absolute atomic E-state index is 10.4. The van der Waals surface area contributed by atoms with Crippen LogP contribution in [0.25, 0.3) is 0 Å². The van der Waals surface area contributed by atoms with Gasteiger partial charge in [0.25, 0.3) is 0 Å². The Kier molecular flexibility index (Phi) is 6.07. The molecule has 17 heavy (non-hydrogen) atoms. The van der Waals surface area contributed by atoms with Crippen molar-refractivity contribution in [1.82, 2.24) is 0 Å². The number of aliphatic hydroxyl groups excluding tert-OH is 2. The van der Waals surface area contributed by atoms with Gasteiger partial charge >= 0.3 is 11.9 Å². The van der Waals surface area contributed by atoms with E-state index in [4.69, 9.17) is 20.4 Å². The van der Waals surface area contributed by atoms with Gasteiger partial charge in [-0.3, -0.25) is 0 Å². The Morgan fingerprint density at radius 3 is 1.29 bits per heavy atom. The van der Waals surface area contributed by atoms with E-state index in [0.29, 0.717) is 11.5 Å². The van der Waals surface area contributed by atoms with E-state index in [1.165, 1.54) is 0 Å². The highest BCUT2D eigenvalue weighted by atomic mass is 32.2. The van der Waals surface area contributed by atoms with Gasteiger partial charge in [0.1, 0.15) is 9.84 Å². The van der Waals surface area contributed by atoms with Gasteiger partial charge in [-0.1, -0.05) is 0 Å². The summed E-state index contributed by atoms with van der Waals surface area (Å²) in [5.74, 6) is -2.69. The lowest BCUT2D eigenvalue weighted by Gasteiger charge is -2.07. The first-order chi connectivity index (χ1) is 7.67. The van der Waals surface area contributed by atoms with Gasteiger partial charge in [0.2, 0.25) is 0 Å². The van der Waals surface area contributed by atoms with Crippen molar-refractivity contribution >= 4 is 21.8 Å². The zero-order valence-corrected chi connectivity index (χ0v) is 9.63. The summed E-state index contributed by atoms with van der Waals surface area (Å²) in [5, 5.41) is 32.5. The Morgan fingerprint density at radius 1 is 0.882 bits per heavy atom. The highest BCUT2D eigenvalue weighted by Gasteiger charge is 2.29. The number of hydrogen-bond donors (Lipinski definition) is 4. The van der Waals surface area contributed by atoms with E-state index < -0.39 is 34.0 Å². The number of aliphatic carboxylic acids is 2. The summed E-state index contributed by atoms with van der Waals surface area (Å²) in [6.45, 7) is 0. The zero-order valence-electron chi connectivity index (χ0n) is 8.81. The molecule has 8 nitrogen and oxygen atoms in total. The average Bonchev–Trinajstić information content (AvgIpc) is 2.61. The van der Waals surface area contributed by atoms with E-state index in [2.05, 4.69) is 0 Å². The van der Waals surface area contributed by atoms with E-state index in [-0.39, 0.29) is 0 Å². The summed E-state index contributed by atoms with van der Waals surface area (Å²) >= 11 is 0. The molecule has 1 fully saturated rings. The Labute approximate surface area is 97.4 Å². The lowest BCUT2D eigenvalue weighted by Crippen LogP contribution is -2.39. The highest BCUT2D eigenvalue weighted by Crippen LogP contribution is 2.08. The minimum atomic E-state index is -2.55. The topological polar surface area (TPSA) is 149 Å². The molecule has 2 atom stereocenters. The second-order valence-corrected chi connectivity index (χ2v) is 5.73. The smallest absolute Gasteiger partial charge is 0.335 e. The highest BCUT2D eigenvalue weighted by molar-refractivity contribution is 7.91. The molecule has 100 valence electrons. The maximum Gasteiger partial charge on any atom is 0.335 e. The maximum atomic E-state index is 10.4. The van der Waals surface area contributed by atoms with Crippen molar-refractivity contribution in [1.29, 1.82) is 0 Å². The standard InChI is InChI=1S/C4H6O6.C4H8O2S/c5-1(3(7)8)2(6)4(9)10;5-7(6)3-1-2-4-7/h1-2,5-6H,(H,7,8)(H,9,10);1-4H2. The number of hydrogen-bond acceptors (Lipinski definition) is 6. The second kappa shape index (κ2) is 6.52. The van der Waals surface area contributed by atoms with Crippen molar-refractivity contribution in [2.24, 2.45) is 0 Å². The Bertz CT molecular complexity index is 343. The van der Waals surface area contributed by atoms with Gasteiger partial charge in [0, 0.05) is 0 Å². The van der Waals surface area contributed by atoms with Crippen LogP contribution in [0.5, 0.6) is 0 Å². The SMILES string of the molecule is O=C(O)C(O)C(O)C(=O)O.O=S1(=O)CCCC1. The molecule has 1 aliphatic heterocycles. The third-order valence-electron chi connectivity index (χ3n) is 1.97. The van der Waals surface area contributed by atoms with E-state index in [1.807, 2.05) is 0 Å². The first kappa shape index (κ1) is 15.8. The van der Waals surface area contributed by atoms with Crippen molar-refractivity contribution in [3.63, 3.8) is 0 Å². The van der Waals surface area contributed by atoms with E-state index in [0.717, 1.165) is 12.8 Å². The summed E-state index contributed by atoms with van der Waals surface area (Å²) in [7, 11) is -2.55. The molecule has 0 saturated carbocycles. The predicted octanol–water partition coefficient (Wildman–Crippen LogP) is -1.93. The van der Waals surface area contributed by atoms with Crippen LogP contribution in [0.3, 0.4) is 0 Å². The molecular formula is C8H14O8S. The molecule has 1 aliphatic rings. The third kappa shape index (κ3) is 6.19. The molecule has 2 unspecified atom stereocenters. The molecule has 0 aromatic heterocycles. The van der Waals surface area contributed by atoms with Crippen molar-refractivity contribution < 1.29 is 38.4 Å². The van der Waals surface area contributed by atoms with Gasteiger partial charge in [-0.15, -0.1) is 0 Å². The van der Waals surface area contributed by atoms with Gasteiger partial charge in [0.05, 0.1) is 11.5 Å².